The molecular formula is C11H17N3. The maximum atomic E-state index is 4.45. The Labute approximate surface area is 84.8 Å². The molecule has 0 saturated heterocycles. The summed E-state index contributed by atoms with van der Waals surface area (Å²) in [5, 5.41) is 7.90. The summed E-state index contributed by atoms with van der Waals surface area (Å²) in [5.74, 6) is 0. The summed E-state index contributed by atoms with van der Waals surface area (Å²) in [4.78, 5) is 0. The maximum absolute atomic E-state index is 4.45. The molecule has 0 radical (unpaired) electrons. The molecule has 3 nitrogen and oxygen atoms in total. The molecule has 0 unspecified atom stereocenters. The van der Waals surface area contributed by atoms with Gasteiger partial charge < -0.3 is 5.32 Å². The third kappa shape index (κ3) is 2.70. The van der Waals surface area contributed by atoms with Crippen molar-refractivity contribution >= 4 is 0 Å². The molecule has 0 amide bonds. The van der Waals surface area contributed by atoms with E-state index in [1.165, 1.54) is 12.8 Å². The van der Waals surface area contributed by atoms with Crippen LogP contribution in [0.2, 0.25) is 0 Å². The van der Waals surface area contributed by atoms with Crippen LogP contribution in [-0.4, -0.2) is 15.8 Å². The number of hydrogen-bond acceptors (Lipinski definition) is 2. The van der Waals surface area contributed by atoms with Crippen molar-refractivity contribution in [3.05, 3.63) is 30.6 Å². The van der Waals surface area contributed by atoms with E-state index in [2.05, 4.69) is 23.1 Å². The Kier molecular flexibility index (Phi) is 2.99. The van der Waals surface area contributed by atoms with Gasteiger partial charge in [-0.1, -0.05) is 6.08 Å². The van der Waals surface area contributed by atoms with Crippen LogP contribution >= 0.6 is 0 Å². The minimum atomic E-state index is 0.758. The van der Waals surface area contributed by atoms with Crippen LogP contribution in [0.3, 0.4) is 0 Å². The first-order valence-corrected chi connectivity index (χ1v) is 5.25. The third-order valence-corrected chi connectivity index (χ3v) is 2.41. The summed E-state index contributed by atoms with van der Waals surface area (Å²) >= 11 is 0. The van der Waals surface area contributed by atoms with Gasteiger partial charge >= 0.3 is 0 Å². The second-order valence-electron chi connectivity index (χ2n) is 3.80. The minimum Gasteiger partial charge on any atom is -0.308 e. The molecule has 76 valence electrons. The zero-order chi connectivity index (χ0) is 9.80. The molecule has 0 spiro atoms. The summed E-state index contributed by atoms with van der Waals surface area (Å²) in [7, 11) is 0. The number of rotatable bonds is 6. The lowest BCUT2D eigenvalue weighted by Crippen LogP contribution is -2.15. The molecule has 14 heavy (non-hydrogen) atoms. The van der Waals surface area contributed by atoms with Gasteiger partial charge in [0.15, 0.2) is 0 Å². The fourth-order valence-corrected chi connectivity index (χ4v) is 1.38. The van der Waals surface area contributed by atoms with Crippen LogP contribution in [0.5, 0.6) is 0 Å². The number of nitrogens with one attached hydrogen (secondary N) is 1. The first kappa shape index (κ1) is 9.46. The first-order valence-electron chi connectivity index (χ1n) is 5.25. The number of aromatic nitrogens is 2. The van der Waals surface area contributed by atoms with Gasteiger partial charge in [0.25, 0.3) is 0 Å². The molecule has 0 aromatic carbocycles. The quantitative estimate of drug-likeness (QED) is 0.694. The lowest BCUT2D eigenvalue weighted by molar-refractivity contribution is 0.597. The Morgan fingerprint density at radius 1 is 1.64 bits per heavy atom. The Hall–Kier alpha value is -1.09. The Balaban J connectivity index is 1.78. The molecule has 1 aromatic rings. The second kappa shape index (κ2) is 4.42. The Bertz CT molecular complexity index is 299. The Morgan fingerprint density at radius 2 is 2.50 bits per heavy atom. The normalized spacial score (nSPS) is 15.7. The fourth-order valence-electron chi connectivity index (χ4n) is 1.38. The third-order valence-electron chi connectivity index (χ3n) is 2.41. The van der Waals surface area contributed by atoms with Gasteiger partial charge in [0.05, 0.1) is 5.69 Å². The van der Waals surface area contributed by atoms with Crippen LogP contribution in [0.1, 0.15) is 25.0 Å². The highest BCUT2D eigenvalue weighted by molar-refractivity contribution is 4.99. The number of allylic oxidation sites excluding steroid dienone is 1. The van der Waals surface area contributed by atoms with E-state index in [0.29, 0.717) is 0 Å². The van der Waals surface area contributed by atoms with Gasteiger partial charge in [-0.15, -0.1) is 6.58 Å². The fraction of sp³-hybridized carbons (Fsp3) is 0.545. The molecule has 1 aromatic heterocycles. The van der Waals surface area contributed by atoms with E-state index in [9.17, 15) is 0 Å². The van der Waals surface area contributed by atoms with Crippen molar-refractivity contribution in [3.8, 4) is 0 Å². The molecule has 0 aliphatic heterocycles. The van der Waals surface area contributed by atoms with E-state index in [-0.39, 0.29) is 0 Å². The highest BCUT2D eigenvalue weighted by Gasteiger charge is 2.20. The van der Waals surface area contributed by atoms with Gasteiger partial charge in [-0.2, -0.15) is 5.10 Å². The molecule has 3 heteroatoms. The summed E-state index contributed by atoms with van der Waals surface area (Å²) in [6.45, 7) is 5.54. The molecule has 1 aliphatic rings. The van der Waals surface area contributed by atoms with Gasteiger partial charge in [-0.25, -0.2) is 0 Å². The molecule has 1 N–H and O–H groups in total. The van der Waals surface area contributed by atoms with Gasteiger partial charge in [-0.3, -0.25) is 4.68 Å². The van der Waals surface area contributed by atoms with Crippen LogP contribution < -0.4 is 5.32 Å². The monoisotopic (exact) mass is 191 g/mol. The van der Waals surface area contributed by atoms with E-state index >= 15 is 0 Å². The predicted molar refractivity (Wildman–Crippen MR) is 56.9 cm³/mol. The predicted octanol–water partition coefficient (Wildman–Crippen LogP) is 1.71. The standard InChI is InChI=1S/C11H17N3/c1-2-3-7-14-8-6-11(13-14)9-12-10-4-5-10/h2,6,8,10,12H,1,3-5,7,9H2. The maximum Gasteiger partial charge on any atom is 0.0762 e. The smallest absolute Gasteiger partial charge is 0.0762 e. The van der Waals surface area contributed by atoms with Crippen molar-refractivity contribution in [2.45, 2.75) is 38.4 Å². The van der Waals surface area contributed by atoms with Crippen molar-refractivity contribution in [2.75, 3.05) is 0 Å². The molecule has 1 aliphatic carbocycles. The lowest BCUT2D eigenvalue weighted by Gasteiger charge is -1.99. The van der Waals surface area contributed by atoms with Crippen LogP contribution in [0.4, 0.5) is 0 Å². The van der Waals surface area contributed by atoms with E-state index in [0.717, 1.165) is 31.2 Å². The minimum absolute atomic E-state index is 0.758. The van der Waals surface area contributed by atoms with Gasteiger partial charge in [-0.05, 0) is 25.3 Å². The zero-order valence-electron chi connectivity index (χ0n) is 8.45. The molecule has 1 heterocycles. The van der Waals surface area contributed by atoms with E-state index in [1.54, 1.807) is 0 Å². The van der Waals surface area contributed by atoms with Gasteiger partial charge in [0.1, 0.15) is 0 Å². The van der Waals surface area contributed by atoms with Crippen LogP contribution in [0, 0.1) is 0 Å². The first-order chi connectivity index (χ1) is 6.88. The molecule has 2 rings (SSSR count). The van der Waals surface area contributed by atoms with E-state index < -0.39 is 0 Å². The number of nitrogens with zero attached hydrogens (tertiary/aromatic N) is 2. The van der Waals surface area contributed by atoms with E-state index in [1.807, 2.05) is 17.0 Å². The van der Waals surface area contributed by atoms with Gasteiger partial charge in [0, 0.05) is 25.3 Å². The zero-order valence-corrected chi connectivity index (χ0v) is 8.45. The van der Waals surface area contributed by atoms with Crippen LogP contribution in [0.15, 0.2) is 24.9 Å². The summed E-state index contributed by atoms with van der Waals surface area (Å²) in [5.41, 5.74) is 1.14. The topological polar surface area (TPSA) is 29.9 Å². The van der Waals surface area contributed by atoms with E-state index in [4.69, 9.17) is 0 Å². The summed E-state index contributed by atoms with van der Waals surface area (Å²) in [6, 6.07) is 2.84. The largest absolute Gasteiger partial charge is 0.308 e. The molecular weight excluding hydrogens is 174 g/mol. The van der Waals surface area contributed by atoms with Crippen molar-refractivity contribution in [3.63, 3.8) is 0 Å². The lowest BCUT2D eigenvalue weighted by atomic mass is 10.4. The van der Waals surface area contributed by atoms with Crippen LogP contribution in [-0.2, 0) is 13.1 Å². The van der Waals surface area contributed by atoms with Crippen molar-refractivity contribution in [1.82, 2.24) is 15.1 Å². The average Bonchev–Trinajstić information content (AvgIpc) is 2.92. The highest BCUT2D eigenvalue weighted by Crippen LogP contribution is 2.18. The summed E-state index contributed by atoms with van der Waals surface area (Å²) < 4.78 is 1.98. The van der Waals surface area contributed by atoms with Crippen LogP contribution in [0.25, 0.3) is 0 Å². The SMILES string of the molecule is C=CCCn1ccc(CNC2CC2)n1. The number of aryl methyl sites for hydroxylation is 1. The Morgan fingerprint density at radius 3 is 3.21 bits per heavy atom. The average molecular weight is 191 g/mol. The molecule has 0 bridgehead atoms. The van der Waals surface area contributed by atoms with Crippen molar-refractivity contribution in [2.24, 2.45) is 0 Å². The highest BCUT2D eigenvalue weighted by atomic mass is 15.3. The molecule has 0 atom stereocenters. The van der Waals surface area contributed by atoms with Gasteiger partial charge in [0.2, 0.25) is 0 Å². The van der Waals surface area contributed by atoms with Crippen molar-refractivity contribution < 1.29 is 0 Å². The molecule has 1 fully saturated rings. The molecule has 1 saturated carbocycles. The second-order valence-corrected chi connectivity index (χ2v) is 3.80. The summed E-state index contributed by atoms with van der Waals surface area (Å²) in [6.07, 6.45) is 7.60. The van der Waals surface area contributed by atoms with Crippen molar-refractivity contribution in [1.29, 1.82) is 0 Å². The number of hydrogen-bond donors (Lipinski definition) is 1.